The molecule has 3 saturated heterocycles. The van der Waals surface area contributed by atoms with E-state index in [4.69, 9.17) is 28.4 Å². The molecule has 16 atom stereocenters. The van der Waals surface area contributed by atoms with Crippen LogP contribution < -0.4 is 5.32 Å². The predicted molar refractivity (Wildman–Crippen MR) is 165 cm³/mol. The Morgan fingerprint density at radius 3 is 2.18 bits per heavy atom. The van der Waals surface area contributed by atoms with Crippen LogP contribution in [0.5, 0.6) is 0 Å². The largest absolute Gasteiger partial charge is 0.477 e. The Hall–Kier alpha value is -2.09. The molecule has 0 spiro atoms. The summed E-state index contributed by atoms with van der Waals surface area (Å²) in [5.74, 6) is -5.55. The number of benzene rings is 1. The lowest BCUT2D eigenvalue weighted by atomic mass is 9.88. The number of amides is 1. The number of hydrogen-bond acceptors (Lipinski definition) is 18. The molecule has 1 amide bonds. The summed E-state index contributed by atoms with van der Waals surface area (Å²) in [6.07, 6.45) is -23.7. The van der Waals surface area contributed by atoms with Gasteiger partial charge in [0.15, 0.2) is 6.29 Å². The van der Waals surface area contributed by atoms with Gasteiger partial charge < -0.3 is 84.8 Å². The van der Waals surface area contributed by atoms with Gasteiger partial charge in [-0.1, -0.05) is 30.0 Å². The van der Waals surface area contributed by atoms with E-state index in [1.165, 1.54) is 0 Å². The second-order valence-corrected chi connectivity index (χ2v) is 13.3. The topological polar surface area (TPSA) is 304 Å². The van der Waals surface area contributed by atoms with Crippen molar-refractivity contribution in [1.82, 2.24) is 5.32 Å². The maximum atomic E-state index is 12.8. The van der Waals surface area contributed by atoms with Crippen molar-refractivity contribution in [2.75, 3.05) is 26.9 Å². The molecule has 3 aliphatic rings. The zero-order chi connectivity index (χ0) is 36.9. The summed E-state index contributed by atoms with van der Waals surface area (Å²) < 4.78 is 33.6. The van der Waals surface area contributed by atoms with E-state index in [0.29, 0.717) is 4.90 Å². The van der Waals surface area contributed by atoms with Crippen molar-refractivity contribution < 1.29 is 89.1 Å². The van der Waals surface area contributed by atoms with Gasteiger partial charge in [0.2, 0.25) is 5.91 Å². The third-order valence-corrected chi connectivity index (χ3v) is 9.89. The molecule has 3 heterocycles. The number of rotatable bonds is 14. The number of methoxy groups -OCH3 is 1. The molecular formula is C30H45NO18S. The van der Waals surface area contributed by atoms with Crippen LogP contribution in [-0.4, -0.2) is 187 Å². The van der Waals surface area contributed by atoms with Gasteiger partial charge in [0.25, 0.3) is 5.79 Å². The second-order valence-electron chi connectivity index (χ2n) is 12.1. The fourth-order valence-corrected chi connectivity index (χ4v) is 7.17. The fourth-order valence-electron chi connectivity index (χ4n) is 6.09. The normalized spacial score (nSPS) is 40.5. The molecule has 0 saturated carbocycles. The monoisotopic (exact) mass is 739 g/mol. The summed E-state index contributed by atoms with van der Waals surface area (Å²) in [5.41, 5.74) is -1.07. The lowest BCUT2D eigenvalue weighted by Crippen LogP contribution is -2.70. The fraction of sp³-hybridized carbons (Fsp3) is 0.733. The van der Waals surface area contributed by atoms with Crippen molar-refractivity contribution in [3.63, 3.8) is 0 Å². The van der Waals surface area contributed by atoms with Gasteiger partial charge in [-0.2, -0.15) is 0 Å². The van der Waals surface area contributed by atoms with E-state index < -0.39 is 135 Å². The van der Waals surface area contributed by atoms with Crippen LogP contribution in [0.4, 0.5) is 0 Å². The molecule has 50 heavy (non-hydrogen) atoms. The number of aliphatic carboxylic acids is 1. The molecular weight excluding hydrogens is 694 g/mol. The van der Waals surface area contributed by atoms with Crippen LogP contribution in [-0.2, 0) is 38.0 Å². The van der Waals surface area contributed by atoms with Crippen LogP contribution in [0.3, 0.4) is 0 Å². The number of carbonyl (C=O) groups excluding carboxylic acids is 1. The van der Waals surface area contributed by atoms with E-state index in [0.717, 1.165) is 25.8 Å². The third kappa shape index (κ3) is 8.74. The number of ether oxygens (including phenoxy) is 6. The van der Waals surface area contributed by atoms with E-state index in [2.05, 4.69) is 5.32 Å². The molecule has 284 valence electrons. The van der Waals surface area contributed by atoms with E-state index >= 15 is 0 Å². The Morgan fingerprint density at radius 1 is 0.960 bits per heavy atom. The number of hydrogen-bond donors (Lipinski definition) is 11. The first-order chi connectivity index (χ1) is 23.7. The zero-order valence-corrected chi connectivity index (χ0v) is 27.8. The molecule has 19 nitrogen and oxygen atoms in total. The molecule has 0 bridgehead atoms. The lowest BCUT2D eigenvalue weighted by molar-refractivity contribution is -0.380. The SMILES string of the molecule is CO[C@H](CO)[C@@H](O)[C@@H]1O[C@@](O[C@H]2[C@@H](O)[C@@H](CO)O[C@@H](O[C@H]3[C@H](O)[C@@H](O)[C@H](Sc4ccccc4)O[C@@H]3CO)[C@@H]2O)(C(=O)O)C[C@H](O)[C@H]1NC(C)=O. The quantitative estimate of drug-likeness (QED) is 0.0853. The highest BCUT2D eigenvalue weighted by Crippen LogP contribution is 2.39. The second kappa shape index (κ2) is 17.6. The van der Waals surface area contributed by atoms with Crippen molar-refractivity contribution >= 4 is 23.6 Å². The van der Waals surface area contributed by atoms with Crippen molar-refractivity contribution in [3.05, 3.63) is 30.3 Å². The minimum absolute atomic E-state index is 0.681. The molecule has 0 aromatic heterocycles. The highest BCUT2D eigenvalue weighted by Gasteiger charge is 2.60. The Morgan fingerprint density at radius 2 is 1.62 bits per heavy atom. The minimum atomic E-state index is -2.96. The van der Waals surface area contributed by atoms with E-state index in [-0.39, 0.29) is 0 Å². The molecule has 20 heteroatoms. The third-order valence-electron chi connectivity index (χ3n) is 8.72. The smallest absolute Gasteiger partial charge is 0.364 e. The van der Waals surface area contributed by atoms with Gasteiger partial charge in [0.1, 0.15) is 72.6 Å². The molecule has 4 rings (SSSR count). The molecule has 0 radical (unpaired) electrons. The summed E-state index contributed by atoms with van der Waals surface area (Å²) in [6, 6.07) is 7.30. The molecule has 3 fully saturated rings. The van der Waals surface area contributed by atoms with Crippen LogP contribution in [0.1, 0.15) is 13.3 Å². The number of aliphatic hydroxyl groups is 9. The van der Waals surface area contributed by atoms with Crippen molar-refractivity contribution in [1.29, 1.82) is 0 Å². The zero-order valence-electron chi connectivity index (χ0n) is 27.0. The summed E-state index contributed by atoms with van der Waals surface area (Å²) in [7, 11) is 1.12. The lowest BCUT2D eigenvalue weighted by Gasteiger charge is -2.50. The number of carboxylic acid groups (broad SMARTS) is 1. The Kier molecular flexibility index (Phi) is 14.3. The van der Waals surface area contributed by atoms with Gasteiger partial charge in [-0.3, -0.25) is 4.79 Å². The average Bonchev–Trinajstić information content (AvgIpc) is 3.09. The van der Waals surface area contributed by atoms with E-state index in [1.807, 2.05) is 0 Å². The summed E-state index contributed by atoms with van der Waals surface area (Å²) in [5, 5.41) is 109. The molecule has 0 aliphatic carbocycles. The van der Waals surface area contributed by atoms with Crippen LogP contribution in [0.15, 0.2) is 35.2 Å². The van der Waals surface area contributed by atoms with Gasteiger partial charge in [0, 0.05) is 25.3 Å². The number of nitrogens with one attached hydrogen (secondary N) is 1. The Labute approximate surface area is 290 Å². The standard InChI is InChI=1S/C30H45NO18S/c1-12(35)31-18-14(36)8-30(29(42)43,48-25(18)19(37)15(9-32)44-2)49-26-20(38)16(10-33)45-27(23(26)41)47-24-17(11-34)46-28(22(40)21(24)39)50-13-6-4-3-5-7-13/h3-7,14-28,32-34,36-41H,8-11H2,1-2H3,(H,31,35)(H,42,43)/t14-,15+,16+,17+,18+,19+,20-,21+,22+,23+,24+,25+,26-,27-,28-,30-/m0/s1. The molecule has 0 unspecified atom stereocenters. The van der Waals surface area contributed by atoms with Crippen LogP contribution in [0.2, 0.25) is 0 Å². The predicted octanol–water partition coefficient (Wildman–Crippen LogP) is -4.77. The first-order valence-corrected chi connectivity index (χ1v) is 16.6. The van der Waals surface area contributed by atoms with E-state index in [9.17, 15) is 60.7 Å². The average molecular weight is 740 g/mol. The maximum Gasteiger partial charge on any atom is 0.364 e. The summed E-state index contributed by atoms with van der Waals surface area (Å²) in [4.78, 5) is 25.4. The summed E-state index contributed by atoms with van der Waals surface area (Å²) in [6.45, 7) is -1.37. The van der Waals surface area contributed by atoms with Crippen molar-refractivity contribution in [3.8, 4) is 0 Å². The van der Waals surface area contributed by atoms with Crippen LogP contribution >= 0.6 is 11.8 Å². The van der Waals surface area contributed by atoms with Gasteiger partial charge in [-0.25, -0.2) is 4.79 Å². The van der Waals surface area contributed by atoms with Gasteiger partial charge in [-0.05, 0) is 12.1 Å². The number of carbonyl (C=O) groups is 2. The maximum absolute atomic E-state index is 12.8. The number of aliphatic hydroxyl groups excluding tert-OH is 9. The molecule has 11 N–H and O–H groups in total. The van der Waals surface area contributed by atoms with Gasteiger partial charge in [0.05, 0.1) is 32.0 Å². The Balaban J connectivity index is 1.60. The van der Waals surface area contributed by atoms with Gasteiger partial charge in [-0.15, -0.1) is 0 Å². The highest BCUT2D eigenvalue weighted by molar-refractivity contribution is 7.99. The summed E-state index contributed by atoms with van der Waals surface area (Å²) >= 11 is 1.06. The molecule has 1 aromatic rings. The first-order valence-electron chi connectivity index (χ1n) is 15.7. The highest BCUT2D eigenvalue weighted by atomic mass is 32.2. The Bertz CT molecular complexity index is 1250. The first kappa shape index (κ1) is 40.7. The minimum Gasteiger partial charge on any atom is -0.477 e. The number of carboxylic acids is 1. The van der Waals surface area contributed by atoms with Crippen LogP contribution in [0, 0.1) is 0 Å². The molecule has 3 aliphatic heterocycles. The van der Waals surface area contributed by atoms with E-state index in [1.54, 1.807) is 30.3 Å². The van der Waals surface area contributed by atoms with Crippen LogP contribution in [0.25, 0.3) is 0 Å². The number of thioether (sulfide) groups is 1. The molecule has 1 aromatic carbocycles. The van der Waals surface area contributed by atoms with Crippen molar-refractivity contribution in [2.45, 2.75) is 115 Å². The van der Waals surface area contributed by atoms with Gasteiger partial charge >= 0.3 is 5.97 Å². The van der Waals surface area contributed by atoms with Crippen molar-refractivity contribution in [2.24, 2.45) is 0 Å².